The first-order chi connectivity index (χ1) is 52.1. The molecule has 0 bridgehead atoms. The van der Waals surface area contributed by atoms with E-state index >= 15 is 0 Å². The smallest absolute Gasteiger partial charge is 0.329 e. The zero-order valence-corrected chi connectivity index (χ0v) is 55.5. The lowest BCUT2D eigenvalue weighted by Gasteiger charge is -2.02. The summed E-state index contributed by atoms with van der Waals surface area (Å²) in [5.74, 6) is 1.75. The molecule has 0 amide bonds. The number of hydrogen-bond acceptors (Lipinski definition) is 12. The lowest BCUT2D eigenvalue weighted by atomic mass is 10.2. The van der Waals surface area contributed by atoms with Crippen LogP contribution in [0.15, 0.2) is 249 Å². The number of imidazole rings is 8. The zero-order valence-electron chi connectivity index (χ0n) is 57.7. The maximum absolute atomic E-state index is 7.93. The molecule has 24 nitrogen and oxygen atoms in total. The van der Waals surface area contributed by atoms with E-state index in [0.717, 1.165) is 145 Å². The quantitative estimate of drug-likeness (QED) is 0.142. The topological polar surface area (TPSA) is 200 Å². The Hall–Kier alpha value is -13.8. The Bertz CT molecular complexity index is 7090. The van der Waals surface area contributed by atoms with Gasteiger partial charge in [-0.05, 0) is 133 Å². The fourth-order valence-electron chi connectivity index (χ4n) is 15.8. The molecule has 0 saturated carbocycles. The standard InChI is InChI=1S/C20H14N5.2C15H12N5.C14H9N4O.C14H9N4S/c1-2-6-14(7-3-1)25-17-9-5-11-22-19(17)24-13-23-12-16-15(8-4-10-21-16)18(23)20(24)25;2*1-18-14-12(5-3-7-17-14)20-9-13-10-4-2-6-16-11(10)8-19(13)15(18)20;2*1-3-9-10(15-5-1)7-17-8-18-13-11(4-2-6-16-13)19-14(18)12(9)17/h1-11,13H,12H2;2*2-7,9H,8H2,1H3;2*1-6,8H,7H2/q5*+1/i;1D3;;;. The monoisotopic (exact) mass is 1370 g/mol. The van der Waals surface area contributed by atoms with Gasteiger partial charge in [0.25, 0.3) is 22.6 Å². The number of benzene rings is 1. The highest BCUT2D eigenvalue weighted by Crippen LogP contribution is 2.40. The summed E-state index contributed by atoms with van der Waals surface area (Å²) in [6.07, 6.45) is 28.6. The van der Waals surface area contributed by atoms with E-state index in [-0.39, 0.29) is 0 Å². The normalized spacial score (nSPS) is 13.5. The van der Waals surface area contributed by atoms with Crippen molar-refractivity contribution < 1.29 is 30.9 Å². The SMILES string of the molecule is C[n+]1c2ncccc2n2cc3n(c21)Cc1ncccc1-3.[2H]C([2H])([2H])[n+]1c2ncccc2n2cc3n(c21)Cc1ncccc1-3.c1ccc(-n2c3cccnc3[n+]3cn4c(c23)-c2cccnc2C4)cc1.c1cnc2c(c1)-c1c3oc4cccnc4[n+]3cn1C2.c1cnc2c(c1)-c1c3sc4cccnc4[n+]3cn1C2. The molecule has 0 fully saturated rings. The highest BCUT2D eigenvalue weighted by molar-refractivity contribution is 7.23. The zero-order chi connectivity index (χ0) is 70.2. The van der Waals surface area contributed by atoms with Crippen LogP contribution in [0.1, 0.15) is 32.6 Å². The highest BCUT2D eigenvalue weighted by Gasteiger charge is 2.37. The van der Waals surface area contributed by atoms with Gasteiger partial charge in [-0.15, -0.1) is 24.9 Å². The van der Waals surface area contributed by atoms with Gasteiger partial charge < -0.3 is 4.42 Å². The van der Waals surface area contributed by atoms with Crippen molar-refractivity contribution in [1.82, 2.24) is 86.0 Å². The van der Waals surface area contributed by atoms with Gasteiger partial charge >= 0.3 is 22.9 Å². The van der Waals surface area contributed by atoms with Crippen molar-refractivity contribution in [2.75, 3.05) is 0 Å². The van der Waals surface area contributed by atoms with Crippen LogP contribution < -0.4 is 22.3 Å². The average Bonchev–Trinajstić information content (AvgIpc) is 1.57. The molecule has 25 heteroatoms. The largest absolute Gasteiger partial charge is 0.419 e. The van der Waals surface area contributed by atoms with Crippen LogP contribution in [0.25, 0.3) is 145 Å². The van der Waals surface area contributed by atoms with E-state index in [0.29, 0.717) is 18.0 Å². The van der Waals surface area contributed by atoms with Gasteiger partial charge in [0.15, 0.2) is 52.6 Å². The van der Waals surface area contributed by atoms with E-state index in [1.54, 1.807) is 29.9 Å². The molecule has 5 aliphatic rings. The molecule has 103 heavy (non-hydrogen) atoms. The van der Waals surface area contributed by atoms with Gasteiger partial charge in [-0.25, -0.2) is 31.6 Å². The molecule has 0 N–H and O–H groups in total. The van der Waals surface area contributed by atoms with Crippen LogP contribution >= 0.6 is 11.3 Å². The van der Waals surface area contributed by atoms with Crippen LogP contribution in [0.3, 0.4) is 0 Å². The fraction of sp³-hybridized carbons (Fsp3) is 0.0897. The van der Waals surface area contributed by atoms with Crippen LogP contribution in [-0.2, 0) is 46.7 Å². The second kappa shape index (κ2) is 21.8. The molecular weight excluding hydrogens is 1310 g/mol. The molecule has 25 heterocycles. The van der Waals surface area contributed by atoms with Gasteiger partial charge in [0, 0.05) is 58.8 Å². The number of nitrogens with zero attached hydrogens (tertiary/aromatic N) is 23. The molecule has 0 unspecified atom stereocenters. The lowest BCUT2D eigenvalue weighted by Crippen LogP contribution is -2.30. The van der Waals surface area contributed by atoms with Gasteiger partial charge in [-0.3, -0.25) is 38.6 Å². The third-order valence-corrected chi connectivity index (χ3v) is 21.3. The summed E-state index contributed by atoms with van der Waals surface area (Å²) in [7, 11) is 2.06. The summed E-state index contributed by atoms with van der Waals surface area (Å²) in [6, 6.07) is 50.7. The number of oxazole rings is 1. The number of aromatic nitrogens is 23. The molecule has 26 rings (SSSR count). The molecule has 5 aliphatic heterocycles. The summed E-state index contributed by atoms with van der Waals surface area (Å²) >= 11 is 1.79. The third kappa shape index (κ3) is 8.35. The van der Waals surface area contributed by atoms with E-state index in [4.69, 9.17) is 8.53 Å². The molecule has 0 spiro atoms. The van der Waals surface area contributed by atoms with E-state index in [9.17, 15) is 0 Å². The van der Waals surface area contributed by atoms with Gasteiger partial charge in [0.2, 0.25) is 16.1 Å². The number of thiazole rings is 1. The first-order valence-corrected chi connectivity index (χ1v) is 34.4. The van der Waals surface area contributed by atoms with E-state index in [1.807, 2.05) is 154 Å². The molecule has 0 atom stereocenters. The van der Waals surface area contributed by atoms with Crippen molar-refractivity contribution in [1.29, 1.82) is 0 Å². The van der Waals surface area contributed by atoms with E-state index in [1.165, 1.54) is 47.9 Å². The number of fused-ring (bicyclic) bond motifs is 35. The minimum atomic E-state index is -2.31. The maximum Gasteiger partial charge on any atom is 0.329 e. The Balaban J connectivity index is 0.0000000830. The van der Waals surface area contributed by atoms with Crippen LogP contribution in [0.4, 0.5) is 0 Å². The highest BCUT2D eigenvalue weighted by atomic mass is 32.1. The van der Waals surface area contributed by atoms with Gasteiger partial charge in [-0.1, -0.05) is 29.5 Å². The van der Waals surface area contributed by atoms with Crippen molar-refractivity contribution >= 4 is 94.2 Å². The number of rotatable bonds is 1. The van der Waals surface area contributed by atoms with E-state index < -0.39 is 6.98 Å². The Morgan fingerprint density at radius 3 is 1.48 bits per heavy atom. The number of pyridine rings is 10. The number of para-hydroxylation sites is 1. The summed E-state index contributed by atoms with van der Waals surface area (Å²) in [5, 5.41) is 0. The first kappa shape index (κ1) is 54.1. The maximum atomic E-state index is 7.93. The first-order valence-electron chi connectivity index (χ1n) is 35.1. The van der Waals surface area contributed by atoms with Crippen molar-refractivity contribution in [2.24, 2.45) is 14.0 Å². The van der Waals surface area contributed by atoms with Gasteiger partial charge in [-0.2, -0.15) is 13.2 Å². The summed E-state index contributed by atoms with van der Waals surface area (Å²) in [4.78, 5) is 45.8. The average molecular weight is 1370 g/mol. The Morgan fingerprint density at radius 1 is 0.398 bits per heavy atom. The van der Waals surface area contributed by atoms with Crippen LogP contribution in [0.5, 0.6) is 0 Å². The molecule has 0 saturated heterocycles. The molecule has 20 aromatic heterocycles. The molecule has 1 aromatic carbocycles. The molecule has 0 aliphatic carbocycles. The summed E-state index contributed by atoms with van der Waals surface area (Å²) in [6.45, 7) is 1.53. The van der Waals surface area contributed by atoms with Crippen LogP contribution in [0.2, 0.25) is 0 Å². The third-order valence-electron chi connectivity index (χ3n) is 20.2. The predicted octanol–water partition coefficient (Wildman–Crippen LogP) is 10.1. The van der Waals surface area contributed by atoms with Crippen LogP contribution in [-0.4, -0.2) is 86.0 Å². The summed E-state index contributed by atoms with van der Waals surface area (Å²) in [5.41, 5.74) is 28.3. The Labute approximate surface area is 590 Å². The minimum Gasteiger partial charge on any atom is -0.419 e. The second-order valence-electron chi connectivity index (χ2n) is 25.8. The Kier molecular flexibility index (Phi) is 11.5. The van der Waals surface area contributed by atoms with Crippen molar-refractivity contribution in [3.05, 3.63) is 273 Å². The van der Waals surface area contributed by atoms with Crippen molar-refractivity contribution in [2.45, 2.75) is 32.7 Å². The van der Waals surface area contributed by atoms with E-state index in [2.05, 4.69) is 183 Å². The van der Waals surface area contributed by atoms with Crippen molar-refractivity contribution in [3.63, 3.8) is 0 Å². The van der Waals surface area contributed by atoms with Crippen LogP contribution in [0, 0.1) is 0 Å². The Morgan fingerprint density at radius 2 is 0.854 bits per heavy atom. The van der Waals surface area contributed by atoms with Gasteiger partial charge in [0.05, 0.1) is 83.3 Å². The number of aryl methyl sites for hydroxylation is 2. The lowest BCUT2D eigenvalue weighted by molar-refractivity contribution is -0.623. The molecule has 21 aromatic rings. The predicted molar refractivity (Wildman–Crippen MR) is 384 cm³/mol. The molecule has 0 radical (unpaired) electrons. The molecular formula is C78H56N23OS+5. The van der Waals surface area contributed by atoms with Crippen molar-refractivity contribution in [3.8, 4) is 62.0 Å². The minimum absolute atomic E-state index is 0.460. The second-order valence-corrected chi connectivity index (χ2v) is 26.8. The molecule has 490 valence electrons. The van der Waals surface area contributed by atoms with Gasteiger partial charge in [0.1, 0.15) is 61.2 Å². The summed E-state index contributed by atoms with van der Waals surface area (Å²) < 4.78 is 58.2. The number of hydrogen-bond donors (Lipinski definition) is 0. The fourth-order valence-corrected chi connectivity index (χ4v) is 17.0.